The van der Waals surface area contributed by atoms with Gasteiger partial charge in [0.1, 0.15) is 12.1 Å². The van der Waals surface area contributed by atoms with Gasteiger partial charge in [0, 0.05) is 5.69 Å². The van der Waals surface area contributed by atoms with Crippen LogP contribution in [0, 0.1) is 13.8 Å². The predicted octanol–water partition coefficient (Wildman–Crippen LogP) is 4.01. The fourth-order valence-electron chi connectivity index (χ4n) is 2.53. The number of aromatic nitrogens is 3. The average molecular weight is 382 g/mol. The number of amides is 1. The highest BCUT2D eigenvalue weighted by molar-refractivity contribution is 7.99. The zero-order chi connectivity index (χ0) is 19.2. The molecular formula is C20H22N4O2S. The summed E-state index contributed by atoms with van der Waals surface area (Å²) in [5.41, 5.74) is 3.90. The van der Waals surface area contributed by atoms with E-state index < -0.39 is 0 Å². The third kappa shape index (κ3) is 4.89. The van der Waals surface area contributed by atoms with Crippen LogP contribution < -0.4 is 10.1 Å². The van der Waals surface area contributed by atoms with Crippen molar-refractivity contribution in [2.75, 3.05) is 17.7 Å². The Kier molecular flexibility index (Phi) is 6.13. The number of rotatable bonds is 7. The third-order valence-electron chi connectivity index (χ3n) is 3.87. The molecule has 6 nitrogen and oxygen atoms in total. The second-order valence-electron chi connectivity index (χ2n) is 6.09. The molecule has 1 aromatic heterocycles. The number of benzene rings is 2. The Labute approximate surface area is 163 Å². The van der Waals surface area contributed by atoms with Crippen molar-refractivity contribution >= 4 is 23.4 Å². The van der Waals surface area contributed by atoms with Crippen LogP contribution in [0.2, 0.25) is 0 Å². The molecule has 0 atom stereocenters. The van der Waals surface area contributed by atoms with Gasteiger partial charge in [0.15, 0.2) is 5.16 Å². The molecule has 0 aliphatic heterocycles. The minimum absolute atomic E-state index is 0.122. The number of nitrogens with zero attached hydrogens (tertiary/aromatic N) is 3. The Morgan fingerprint density at radius 1 is 1.15 bits per heavy atom. The Morgan fingerprint density at radius 3 is 2.63 bits per heavy atom. The number of ether oxygens (including phenoxy) is 1. The summed E-state index contributed by atoms with van der Waals surface area (Å²) in [6, 6.07) is 13.8. The number of hydrogen-bond acceptors (Lipinski definition) is 5. The first-order chi connectivity index (χ1) is 13.1. The predicted molar refractivity (Wildman–Crippen MR) is 108 cm³/mol. The van der Waals surface area contributed by atoms with Crippen molar-refractivity contribution in [3.8, 4) is 11.4 Å². The summed E-state index contributed by atoms with van der Waals surface area (Å²) in [6.07, 6.45) is 1.65. The zero-order valence-electron chi connectivity index (χ0n) is 15.6. The van der Waals surface area contributed by atoms with Crippen LogP contribution in [0.4, 0.5) is 5.69 Å². The average Bonchev–Trinajstić information content (AvgIpc) is 3.12. The first-order valence-electron chi connectivity index (χ1n) is 8.70. The Balaban J connectivity index is 1.65. The third-order valence-corrected chi connectivity index (χ3v) is 4.82. The van der Waals surface area contributed by atoms with E-state index in [9.17, 15) is 4.79 Å². The molecular weight excluding hydrogens is 360 g/mol. The molecule has 0 fully saturated rings. The van der Waals surface area contributed by atoms with E-state index in [2.05, 4.69) is 15.5 Å². The molecule has 7 heteroatoms. The number of carbonyl (C=O) groups excluding carboxylic acids is 1. The van der Waals surface area contributed by atoms with Gasteiger partial charge in [0.2, 0.25) is 5.91 Å². The first kappa shape index (κ1) is 19.0. The zero-order valence-corrected chi connectivity index (χ0v) is 16.4. The van der Waals surface area contributed by atoms with Crippen molar-refractivity contribution in [2.45, 2.75) is 25.9 Å². The maximum atomic E-state index is 12.4. The van der Waals surface area contributed by atoms with Crippen LogP contribution in [0.15, 0.2) is 53.9 Å². The van der Waals surface area contributed by atoms with Gasteiger partial charge in [0.25, 0.3) is 0 Å². The van der Waals surface area contributed by atoms with E-state index in [4.69, 9.17) is 4.74 Å². The Bertz CT molecular complexity index is 922. The molecule has 0 radical (unpaired) electrons. The second kappa shape index (κ2) is 8.73. The summed E-state index contributed by atoms with van der Waals surface area (Å²) in [5.74, 6) is 0.784. The summed E-state index contributed by atoms with van der Waals surface area (Å²) < 4.78 is 7.48. The second-order valence-corrected chi connectivity index (χ2v) is 7.03. The molecule has 1 heterocycles. The summed E-state index contributed by atoms with van der Waals surface area (Å²) in [5, 5.41) is 11.7. The number of anilines is 1. The maximum Gasteiger partial charge on any atom is 0.234 e. The fraction of sp³-hybridized carbons (Fsp3) is 0.250. The van der Waals surface area contributed by atoms with Gasteiger partial charge in [-0.05, 0) is 50.6 Å². The first-order valence-corrected chi connectivity index (χ1v) is 9.68. The van der Waals surface area contributed by atoms with Crippen molar-refractivity contribution in [1.82, 2.24) is 14.8 Å². The van der Waals surface area contributed by atoms with E-state index in [1.54, 1.807) is 6.33 Å². The molecule has 0 saturated carbocycles. The number of thioether (sulfide) groups is 1. The van der Waals surface area contributed by atoms with Crippen molar-refractivity contribution in [3.05, 3.63) is 59.9 Å². The summed E-state index contributed by atoms with van der Waals surface area (Å²) >= 11 is 1.34. The van der Waals surface area contributed by atoms with Gasteiger partial charge in [-0.25, -0.2) is 0 Å². The van der Waals surface area contributed by atoms with Gasteiger partial charge in [-0.1, -0.05) is 35.5 Å². The molecule has 0 saturated heterocycles. The highest BCUT2D eigenvalue weighted by Gasteiger charge is 2.12. The normalized spacial score (nSPS) is 10.6. The molecule has 27 heavy (non-hydrogen) atoms. The summed E-state index contributed by atoms with van der Waals surface area (Å²) in [4.78, 5) is 12.4. The van der Waals surface area contributed by atoms with Crippen molar-refractivity contribution < 1.29 is 9.53 Å². The molecule has 140 valence electrons. The molecule has 2 aromatic carbocycles. The highest BCUT2D eigenvalue weighted by Crippen LogP contribution is 2.26. The number of aryl methyl sites for hydroxylation is 2. The van der Waals surface area contributed by atoms with Crippen molar-refractivity contribution in [2.24, 2.45) is 0 Å². The smallest absolute Gasteiger partial charge is 0.234 e. The summed E-state index contributed by atoms with van der Waals surface area (Å²) in [6.45, 7) is 6.49. The maximum absolute atomic E-state index is 12.4. The molecule has 0 spiro atoms. The van der Waals surface area contributed by atoms with E-state index in [-0.39, 0.29) is 11.7 Å². The van der Waals surface area contributed by atoms with Crippen LogP contribution in [0.3, 0.4) is 0 Å². The van der Waals surface area contributed by atoms with Gasteiger partial charge in [-0.3, -0.25) is 9.36 Å². The molecule has 3 aromatic rings. The lowest BCUT2D eigenvalue weighted by Crippen LogP contribution is -2.15. The van der Waals surface area contributed by atoms with Crippen LogP contribution in [0.25, 0.3) is 5.69 Å². The summed E-state index contributed by atoms with van der Waals surface area (Å²) in [7, 11) is 0. The van der Waals surface area contributed by atoms with E-state index >= 15 is 0 Å². The van der Waals surface area contributed by atoms with Crippen molar-refractivity contribution in [3.63, 3.8) is 0 Å². The van der Waals surface area contributed by atoms with Gasteiger partial charge in [-0.15, -0.1) is 10.2 Å². The number of carbonyl (C=O) groups is 1. The van der Waals surface area contributed by atoms with E-state index in [1.165, 1.54) is 17.3 Å². The van der Waals surface area contributed by atoms with E-state index in [0.29, 0.717) is 23.2 Å². The van der Waals surface area contributed by atoms with Crippen LogP contribution in [0.5, 0.6) is 5.75 Å². The van der Waals surface area contributed by atoms with E-state index in [1.807, 2.05) is 67.8 Å². The largest absolute Gasteiger partial charge is 0.492 e. The molecule has 3 rings (SSSR count). The van der Waals surface area contributed by atoms with Gasteiger partial charge >= 0.3 is 0 Å². The van der Waals surface area contributed by atoms with Crippen LogP contribution in [-0.4, -0.2) is 33.0 Å². The van der Waals surface area contributed by atoms with Crippen LogP contribution in [-0.2, 0) is 4.79 Å². The van der Waals surface area contributed by atoms with Gasteiger partial charge < -0.3 is 10.1 Å². The lowest BCUT2D eigenvalue weighted by molar-refractivity contribution is -0.113. The molecule has 1 N–H and O–H groups in total. The lowest BCUT2D eigenvalue weighted by atomic mass is 10.2. The quantitative estimate of drug-likeness (QED) is 0.625. The molecule has 0 aliphatic carbocycles. The number of hydrogen-bond donors (Lipinski definition) is 1. The molecule has 0 aliphatic rings. The SMILES string of the molecule is CCOc1cc(C)ccc1NC(=O)CSc1nncn1-c1ccc(C)cc1. The number of nitrogens with one attached hydrogen (secondary N) is 1. The lowest BCUT2D eigenvalue weighted by Gasteiger charge is -2.12. The van der Waals surface area contributed by atoms with Crippen LogP contribution >= 0.6 is 11.8 Å². The van der Waals surface area contributed by atoms with Crippen LogP contribution in [0.1, 0.15) is 18.1 Å². The standard InChI is InChI=1S/C20H22N4O2S/c1-4-26-18-11-15(3)7-10-17(18)22-19(25)12-27-20-23-21-13-24(20)16-8-5-14(2)6-9-16/h5-11,13H,4,12H2,1-3H3,(H,22,25). The monoisotopic (exact) mass is 382 g/mol. The highest BCUT2D eigenvalue weighted by atomic mass is 32.2. The Hall–Kier alpha value is -2.80. The minimum atomic E-state index is -0.122. The van der Waals surface area contributed by atoms with Crippen molar-refractivity contribution in [1.29, 1.82) is 0 Å². The van der Waals surface area contributed by atoms with Gasteiger partial charge in [0.05, 0.1) is 18.0 Å². The fourth-order valence-corrected chi connectivity index (χ4v) is 3.26. The molecule has 1 amide bonds. The molecule has 0 unspecified atom stereocenters. The Morgan fingerprint density at radius 2 is 1.89 bits per heavy atom. The van der Waals surface area contributed by atoms with Gasteiger partial charge in [-0.2, -0.15) is 0 Å². The topological polar surface area (TPSA) is 69.0 Å². The molecule has 0 bridgehead atoms. The van der Waals surface area contributed by atoms with E-state index in [0.717, 1.165) is 11.3 Å². The minimum Gasteiger partial charge on any atom is -0.492 e.